The van der Waals surface area contributed by atoms with Crippen LogP contribution in [-0.2, 0) is 6.54 Å². The maximum atomic E-state index is 9.76. The second-order valence-corrected chi connectivity index (χ2v) is 6.12. The summed E-state index contributed by atoms with van der Waals surface area (Å²) in [6, 6.07) is 4.10. The lowest BCUT2D eigenvalue weighted by Crippen LogP contribution is -2.36. The molecule has 0 amide bonds. The average molecular weight is 250 g/mol. The lowest BCUT2D eigenvalue weighted by atomic mass is 9.93. The Morgan fingerprint density at radius 3 is 2.17 bits per heavy atom. The van der Waals surface area contributed by atoms with Gasteiger partial charge in [0, 0.05) is 13.1 Å². The predicted molar refractivity (Wildman–Crippen MR) is 76.8 cm³/mol. The number of benzene rings is 1. The van der Waals surface area contributed by atoms with Crippen molar-refractivity contribution in [3.05, 3.63) is 28.8 Å². The quantitative estimate of drug-likeness (QED) is 0.844. The van der Waals surface area contributed by atoms with Crippen LogP contribution in [-0.4, -0.2) is 30.1 Å². The summed E-state index contributed by atoms with van der Waals surface area (Å²) in [6.45, 7) is 10.8. The van der Waals surface area contributed by atoms with Crippen LogP contribution in [0.3, 0.4) is 0 Å². The molecule has 0 bridgehead atoms. The van der Waals surface area contributed by atoms with Gasteiger partial charge >= 0.3 is 0 Å². The van der Waals surface area contributed by atoms with E-state index in [4.69, 9.17) is 5.73 Å². The lowest BCUT2D eigenvalue weighted by Gasteiger charge is -2.29. The zero-order valence-electron chi connectivity index (χ0n) is 12.2. The van der Waals surface area contributed by atoms with Crippen LogP contribution >= 0.6 is 0 Å². The molecular weight excluding hydrogens is 224 g/mol. The van der Waals surface area contributed by atoms with Crippen molar-refractivity contribution in [2.24, 2.45) is 11.1 Å². The molecule has 1 aromatic rings. The molecule has 3 N–H and O–H groups in total. The van der Waals surface area contributed by atoms with Crippen molar-refractivity contribution in [1.29, 1.82) is 0 Å². The van der Waals surface area contributed by atoms with Gasteiger partial charge in [-0.3, -0.25) is 0 Å². The van der Waals surface area contributed by atoms with Crippen LogP contribution in [0.25, 0.3) is 0 Å². The molecule has 1 rings (SSSR count). The maximum Gasteiger partial charge on any atom is 0.121 e. The van der Waals surface area contributed by atoms with Gasteiger partial charge in [-0.2, -0.15) is 0 Å². The number of hydrogen-bond acceptors (Lipinski definition) is 3. The Labute approximate surface area is 111 Å². The van der Waals surface area contributed by atoms with Crippen LogP contribution in [0.4, 0.5) is 0 Å². The number of rotatable bonds is 5. The van der Waals surface area contributed by atoms with Crippen molar-refractivity contribution in [3.63, 3.8) is 0 Å². The minimum absolute atomic E-state index is 0.135. The third-order valence-electron chi connectivity index (χ3n) is 3.25. The Hall–Kier alpha value is -1.06. The molecule has 0 aliphatic rings. The van der Waals surface area contributed by atoms with Crippen LogP contribution in [0.2, 0.25) is 0 Å². The summed E-state index contributed by atoms with van der Waals surface area (Å²) in [7, 11) is 2.11. The highest BCUT2D eigenvalue weighted by atomic mass is 16.3. The molecule has 0 aromatic heterocycles. The molecule has 0 saturated heterocycles. The van der Waals surface area contributed by atoms with Crippen molar-refractivity contribution < 1.29 is 5.11 Å². The molecule has 0 radical (unpaired) electrons. The van der Waals surface area contributed by atoms with Gasteiger partial charge in [-0.1, -0.05) is 26.0 Å². The first-order chi connectivity index (χ1) is 8.25. The highest BCUT2D eigenvalue weighted by Gasteiger charge is 2.18. The molecule has 0 heterocycles. The Balaban J connectivity index is 2.74. The van der Waals surface area contributed by atoms with E-state index in [1.807, 2.05) is 26.0 Å². The van der Waals surface area contributed by atoms with E-state index in [1.54, 1.807) is 0 Å². The Morgan fingerprint density at radius 1 is 1.22 bits per heavy atom. The molecule has 0 saturated carbocycles. The number of nitrogens with two attached hydrogens (primary N) is 1. The summed E-state index contributed by atoms with van der Waals surface area (Å²) in [5.74, 6) is 0.406. The number of phenols is 1. The third kappa shape index (κ3) is 4.00. The summed E-state index contributed by atoms with van der Waals surface area (Å²) in [5, 5.41) is 9.76. The fourth-order valence-electron chi connectivity index (χ4n) is 2.30. The van der Waals surface area contributed by atoms with E-state index in [9.17, 15) is 5.11 Å². The van der Waals surface area contributed by atoms with Gasteiger partial charge in [0.2, 0.25) is 0 Å². The molecule has 0 atom stereocenters. The third-order valence-corrected chi connectivity index (χ3v) is 3.25. The monoisotopic (exact) mass is 250 g/mol. The van der Waals surface area contributed by atoms with Gasteiger partial charge in [-0.25, -0.2) is 0 Å². The fraction of sp³-hybridized carbons (Fsp3) is 0.600. The largest absolute Gasteiger partial charge is 0.507 e. The number of aromatic hydroxyl groups is 1. The zero-order chi connectivity index (χ0) is 13.9. The first-order valence-electron chi connectivity index (χ1n) is 6.43. The van der Waals surface area contributed by atoms with E-state index in [-0.39, 0.29) is 5.41 Å². The molecule has 0 aliphatic carbocycles. The Kier molecular flexibility index (Phi) is 4.77. The highest BCUT2D eigenvalue weighted by Crippen LogP contribution is 2.24. The standard InChI is InChI=1S/C15H26N2O/c1-11-6-13(7-12(2)14(11)18)8-17(5)10-15(3,4)9-16/h6-7,18H,8-10,16H2,1-5H3. The van der Waals surface area contributed by atoms with Crippen molar-refractivity contribution in [2.45, 2.75) is 34.2 Å². The van der Waals surface area contributed by atoms with Crippen molar-refractivity contribution >= 4 is 0 Å². The molecule has 3 nitrogen and oxygen atoms in total. The van der Waals surface area contributed by atoms with Crippen molar-refractivity contribution in [1.82, 2.24) is 4.90 Å². The van der Waals surface area contributed by atoms with Crippen LogP contribution < -0.4 is 5.73 Å². The van der Waals surface area contributed by atoms with E-state index < -0.39 is 0 Å². The second kappa shape index (κ2) is 5.72. The zero-order valence-corrected chi connectivity index (χ0v) is 12.2. The van der Waals surface area contributed by atoms with Gasteiger partial charge in [0.25, 0.3) is 0 Å². The van der Waals surface area contributed by atoms with Gasteiger partial charge in [0.1, 0.15) is 5.75 Å². The van der Waals surface area contributed by atoms with Crippen LogP contribution in [0.15, 0.2) is 12.1 Å². The van der Waals surface area contributed by atoms with Gasteiger partial charge in [-0.15, -0.1) is 0 Å². The second-order valence-electron chi connectivity index (χ2n) is 6.12. The normalized spacial score (nSPS) is 12.2. The molecule has 3 heteroatoms. The number of aryl methyl sites for hydroxylation is 2. The van der Waals surface area contributed by atoms with Gasteiger partial charge in [0.05, 0.1) is 0 Å². The number of phenolic OH excluding ortho intramolecular Hbond substituents is 1. The molecule has 1 aromatic carbocycles. The summed E-state index contributed by atoms with van der Waals surface area (Å²) in [6.07, 6.45) is 0. The van der Waals surface area contributed by atoms with Gasteiger partial charge in [0.15, 0.2) is 0 Å². The van der Waals surface area contributed by atoms with E-state index in [0.29, 0.717) is 12.3 Å². The molecule has 0 aliphatic heterocycles. The summed E-state index contributed by atoms with van der Waals surface area (Å²) in [4.78, 5) is 2.28. The minimum atomic E-state index is 0.135. The number of hydrogen-bond donors (Lipinski definition) is 2. The van der Waals surface area contributed by atoms with Crippen molar-refractivity contribution in [3.8, 4) is 5.75 Å². The van der Waals surface area contributed by atoms with E-state index >= 15 is 0 Å². The maximum absolute atomic E-state index is 9.76. The average Bonchev–Trinajstić information content (AvgIpc) is 2.25. The van der Waals surface area contributed by atoms with Crippen LogP contribution in [0.5, 0.6) is 5.75 Å². The summed E-state index contributed by atoms with van der Waals surface area (Å²) >= 11 is 0. The smallest absolute Gasteiger partial charge is 0.121 e. The highest BCUT2D eigenvalue weighted by molar-refractivity contribution is 5.42. The van der Waals surface area contributed by atoms with E-state index in [0.717, 1.165) is 24.2 Å². The van der Waals surface area contributed by atoms with Crippen molar-refractivity contribution in [2.75, 3.05) is 20.1 Å². The SMILES string of the molecule is Cc1cc(CN(C)CC(C)(C)CN)cc(C)c1O. The predicted octanol–water partition coefficient (Wildman–Crippen LogP) is 2.43. The molecule has 18 heavy (non-hydrogen) atoms. The Bertz CT molecular complexity index is 390. The van der Waals surface area contributed by atoms with Crippen LogP contribution in [0.1, 0.15) is 30.5 Å². The molecule has 102 valence electrons. The Morgan fingerprint density at radius 2 is 1.72 bits per heavy atom. The van der Waals surface area contributed by atoms with E-state index in [1.165, 1.54) is 5.56 Å². The first-order valence-corrected chi connectivity index (χ1v) is 6.43. The summed E-state index contributed by atoms with van der Waals surface area (Å²) in [5.41, 5.74) is 9.01. The van der Waals surface area contributed by atoms with Gasteiger partial charge < -0.3 is 15.7 Å². The van der Waals surface area contributed by atoms with Crippen LogP contribution in [0, 0.1) is 19.3 Å². The summed E-state index contributed by atoms with van der Waals surface area (Å²) < 4.78 is 0. The molecule has 0 unspecified atom stereocenters. The topological polar surface area (TPSA) is 49.5 Å². The minimum Gasteiger partial charge on any atom is -0.507 e. The first kappa shape index (κ1) is 15.0. The number of nitrogens with zero attached hydrogens (tertiary/aromatic N) is 1. The fourth-order valence-corrected chi connectivity index (χ4v) is 2.30. The van der Waals surface area contributed by atoms with Gasteiger partial charge in [-0.05, 0) is 49.5 Å². The molecular formula is C15H26N2O. The van der Waals surface area contributed by atoms with E-state index in [2.05, 4.69) is 25.8 Å². The molecule has 0 spiro atoms. The lowest BCUT2D eigenvalue weighted by molar-refractivity contribution is 0.210. The molecule has 0 fully saturated rings.